The van der Waals surface area contributed by atoms with Gasteiger partial charge in [0.15, 0.2) is 0 Å². The minimum Gasteiger partial charge on any atom is -0.492 e. The summed E-state index contributed by atoms with van der Waals surface area (Å²) in [6, 6.07) is 12.1. The molecular formula is C22H27BrN2O3. The monoisotopic (exact) mass is 446 g/mol. The fraction of sp³-hybridized carbons (Fsp3) is 0.364. The Hall–Kier alpha value is -2.34. The minimum atomic E-state index is -0.331. The predicted octanol–water partition coefficient (Wildman–Crippen LogP) is 5.26. The van der Waals surface area contributed by atoms with Gasteiger partial charge >= 0.3 is 0 Å². The van der Waals surface area contributed by atoms with Crippen molar-refractivity contribution < 1.29 is 14.3 Å². The number of rotatable bonds is 6. The van der Waals surface area contributed by atoms with E-state index >= 15 is 0 Å². The Bertz CT molecular complexity index is 857. The van der Waals surface area contributed by atoms with Crippen LogP contribution in [0, 0.1) is 5.92 Å². The highest BCUT2D eigenvalue weighted by Crippen LogP contribution is 2.27. The highest BCUT2D eigenvalue weighted by atomic mass is 79.9. The number of ether oxygens (including phenoxy) is 1. The third kappa shape index (κ3) is 6.68. The summed E-state index contributed by atoms with van der Waals surface area (Å²) >= 11 is 3.45. The van der Waals surface area contributed by atoms with Gasteiger partial charge in [-0.2, -0.15) is 0 Å². The first kappa shape index (κ1) is 22.0. The van der Waals surface area contributed by atoms with Gasteiger partial charge < -0.3 is 15.4 Å². The molecule has 2 aromatic carbocycles. The molecule has 0 saturated carbocycles. The number of carbonyl (C=O) groups is 2. The summed E-state index contributed by atoms with van der Waals surface area (Å²) in [7, 11) is 0. The summed E-state index contributed by atoms with van der Waals surface area (Å²) in [4.78, 5) is 24.9. The normalized spacial score (nSPS) is 11.2. The number of amides is 2. The van der Waals surface area contributed by atoms with Crippen molar-refractivity contribution in [1.82, 2.24) is 5.32 Å². The molecule has 0 spiro atoms. The first-order chi connectivity index (χ1) is 13.0. The molecule has 0 heterocycles. The lowest BCUT2D eigenvalue weighted by Gasteiger charge is -2.20. The van der Waals surface area contributed by atoms with Crippen LogP contribution in [0.1, 0.15) is 55.3 Å². The van der Waals surface area contributed by atoms with Gasteiger partial charge in [-0.25, -0.2) is 0 Å². The van der Waals surface area contributed by atoms with Crippen molar-refractivity contribution in [3.8, 4) is 5.75 Å². The Morgan fingerprint density at radius 1 is 1.04 bits per heavy atom. The SMILES string of the molecule is CC(C)COc1ccc(C(=O)Nc2cccc(C(=O)NC(C)(C)C)c2)cc1Br. The standard InChI is InChI=1S/C22H27BrN2O3/c1-14(2)13-28-19-10-9-16(12-18(19)23)20(26)24-17-8-6-7-15(11-17)21(27)25-22(3,4)5/h6-12,14H,13H2,1-5H3,(H,24,26)(H,25,27). The highest BCUT2D eigenvalue weighted by Gasteiger charge is 2.16. The molecule has 0 saturated heterocycles. The smallest absolute Gasteiger partial charge is 0.255 e. The average molecular weight is 447 g/mol. The van der Waals surface area contributed by atoms with Crippen molar-refractivity contribution in [2.24, 2.45) is 5.92 Å². The van der Waals surface area contributed by atoms with Crippen molar-refractivity contribution >= 4 is 33.4 Å². The maximum absolute atomic E-state index is 12.6. The van der Waals surface area contributed by atoms with E-state index in [0.717, 1.165) is 4.47 Å². The predicted molar refractivity (Wildman–Crippen MR) is 116 cm³/mol. The lowest BCUT2D eigenvalue weighted by Crippen LogP contribution is -2.40. The molecular weight excluding hydrogens is 420 g/mol. The molecule has 0 aliphatic heterocycles. The van der Waals surface area contributed by atoms with Gasteiger partial charge in [0, 0.05) is 22.4 Å². The molecule has 150 valence electrons. The molecule has 2 amide bonds. The molecule has 2 N–H and O–H groups in total. The first-order valence-corrected chi connectivity index (χ1v) is 10.0. The zero-order valence-corrected chi connectivity index (χ0v) is 18.5. The number of anilines is 1. The molecule has 0 atom stereocenters. The van der Waals surface area contributed by atoms with E-state index in [1.165, 1.54) is 0 Å². The van der Waals surface area contributed by atoms with Crippen LogP contribution in [0.3, 0.4) is 0 Å². The van der Waals surface area contributed by atoms with Crippen LogP contribution < -0.4 is 15.4 Å². The molecule has 0 unspecified atom stereocenters. The van der Waals surface area contributed by atoms with Gasteiger partial charge in [0.25, 0.3) is 11.8 Å². The van der Waals surface area contributed by atoms with Gasteiger partial charge in [-0.05, 0) is 79.0 Å². The van der Waals surface area contributed by atoms with Crippen molar-refractivity contribution in [2.75, 3.05) is 11.9 Å². The Kier molecular flexibility index (Phi) is 7.24. The van der Waals surface area contributed by atoms with E-state index in [0.29, 0.717) is 35.1 Å². The summed E-state index contributed by atoms with van der Waals surface area (Å²) in [5.74, 6) is 0.672. The molecule has 2 rings (SSSR count). The van der Waals surface area contributed by atoms with Gasteiger partial charge in [0.2, 0.25) is 0 Å². The molecule has 0 radical (unpaired) electrons. The van der Waals surface area contributed by atoms with Gasteiger partial charge in [-0.15, -0.1) is 0 Å². The molecule has 0 aliphatic rings. The molecule has 6 heteroatoms. The summed E-state index contributed by atoms with van der Waals surface area (Å²) in [5, 5.41) is 5.74. The maximum Gasteiger partial charge on any atom is 0.255 e. The van der Waals surface area contributed by atoms with E-state index < -0.39 is 0 Å². The molecule has 2 aromatic rings. The lowest BCUT2D eigenvalue weighted by molar-refractivity contribution is 0.0918. The van der Waals surface area contributed by atoms with Gasteiger partial charge in [0.05, 0.1) is 11.1 Å². The van der Waals surface area contributed by atoms with Crippen molar-refractivity contribution in [2.45, 2.75) is 40.2 Å². The molecule has 0 fully saturated rings. The second-order valence-electron chi connectivity index (χ2n) is 8.09. The zero-order valence-electron chi connectivity index (χ0n) is 16.9. The van der Waals surface area contributed by atoms with Crippen LogP contribution >= 0.6 is 15.9 Å². The van der Waals surface area contributed by atoms with E-state index in [-0.39, 0.29) is 17.4 Å². The van der Waals surface area contributed by atoms with Gasteiger partial charge in [-0.1, -0.05) is 19.9 Å². The van der Waals surface area contributed by atoms with Gasteiger partial charge in [-0.3, -0.25) is 9.59 Å². The van der Waals surface area contributed by atoms with E-state index in [1.807, 2.05) is 20.8 Å². The zero-order chi connectivity index (χ0) is 20.9. The topological polar surface area (TPSA) is 67.4 Å². The van der Waals surface area contributed by atoms with Crippen molar-refractivity contribution in [1.29, 1.82) is 0 Å². The van der Waals surface area contributed by atoms with E-state index in [9.17, 15) is 9.59 Å². The number of halogens is 1. The summed E-state index contributed by atoms with van der Waals surface area (Å²) in [6.45, 7) is 10.5. The Morgan fingerprint density at radius 2 is 1.71 bits per heavy atom. The summed E-state index contributed by atoms with van der Waals surface area (Å²) in [5.41, 5.74) is 1.21. The first-order valence-electron chi connectivity index (χ1n) is 9.21. The van der Waals surface area contributed by atoms with Crippen LogP contribution in [0.5, 0.6) is 5.75 Å². The number of carbonyl (C=O) groups excluding carboxylic acids is 2. The Labute approximate surface area is 175 Å². The van der Waals surface area contributed by atoms with Crippen molar-refractivity contribution in [3.63, 3.8) is 0 Å². The fourth-order valence-corrected chi connectivity index (χ4v) is 2.86. The van der Waals surface area contributed by atoms with Crippen LogP contribution in [0.4, 0.5) is 5.69 Å². The van der Waals surface area contributed by atoms with Gasteiger partial charge in [0.1, 0.15) is 5.75 Å². The summed E-state index contributed by atoms with van der Waals surface area (Å²) < 4.78 is 6.43. The van der Waals surface area contributed by atoms with Crippen LogP contribution in [0.2, 0.25) is 0 Å². The quantitative estimate of drug-likeness (QED) is 0.635. The number of benzene rings is 2. The number of hydrogen-bond acceptors (Lipinski definition) is 3. The van der Waals surface area contributed by atoms with Crippen molar-refractivity contribution in [3.05, 3.63) is 58.1 Å². The van der Waals surface area contributed by atoms with E-state index in [1.54, 1.807) is 42.5 Å². The van der Waals surface area contributed by atoms with Crippen LogP contribution in [-0.2, 0) is 0 Å². The van der Waals surface area contributed by atoms with E-state index in [4.69, 9.17) is 4.74 Å². The number of hydrogen-bond donors (Lipinski definition) is 2. The molecule has 0 aromatic heterocycles. The van der Waals surface area contributed by atoms with E-state index in [2.05, 4.69) is 40.4 Å². The largest absolute Gasteiger partial charge is 0.492 e. The van der Waals surface area contributed by atoms with Crippen LogP contribution in [-0.4, -0.2) is 24.0 Å². The molecule has 28 heavy (non-hydrogen) atoms. The number of nitrogens with one attached hydrogen (secondary N) is 2. The molecule has 5 nitrogen and oxygen atoms in total. The van der Waals surface area contributed by atoms with Crippen LogP contribution in [0.25, 0.3) is 0 Å². The third-order valence-electron chi connectivity index (χ3n) is 3.64. The average Bonchev–Trinajstić information content (AvgIpc) is 2.59. The second-order valence-corrected chi connectivity index (χ2v) is 8.94. The maximum atomic E-state index is 12.6. The highest BCUT2D eigenvalue weighted by molar-refractivity contribution is 9.10. The molecule has 0 aliphatic carbocycles. The summed E-state index contributed by atoms with van der Waals surface area (Å²) in [6.07, 6.45) is 0. The fourth-order valence-electron chi connectivity index (χ4n) is 2.37. The lowest BCUT2D eigenvalue weighted by atomic mass is 10.1. The third-order valence-corrected chi connectivity index (χ3v) is 4.26. The van der Waals surface area contributed by atoms with Crippen LogP contribution in [0.15, 0.2) is 46.9 Å². The molecule has 0 bridgehead atoms. The minimum absolute atomic E-state index is 0.182. The second kappa shape index (κ2) is 9.24. The Balaban J connectivity index is 2.09. The Morgan fingerprint density at radius 3 is 2.32 bits per heavy atom.